The molecule has 0 N–H and O–H groups in total. The number of carbonyl (C=O) groups is 1. The van der Waals surface area contributed by atoms with Crippen molar-refractivity contribution in [3.63, 3.8) is 0 Å². The van der Waals surface area contributed by atoms with Gasteiger partial charge in [0, 0.05) is 13.1 Å². The van der Waals surface area contributed by atoms with Gasteiger partial charge in [-0.3, -0.25) is 9.69 Å². The number of benzene rings is 1. The number of hydrogen-bond donors (Lipinski definition) is 0. The Morgan fingerprint density at radius 3 is 2.85 bits per heavy atom. The van der Waals surface area contributed by atoms with Crippen molar-refractivity contribution in [2.24, 2.45) is 0 Å². The van der Waals surface area contributed by atoms with Crippen LogP contribution in [-0.2, 0) is 26.5 Å². The maximum atomic E-state index is 11.5. The second-order valence-electron chi connectivity index (χ2n) is 5.52. The average Bonchev–Trinajstić information content (AvgIpc) is 2.82. The molecule has 0 aromatic heterocycles. The Balaban J connectivity index is 1.63. The number of carbonyl (C=O) groups excluding carboxylic acids is 1. The molecule has 3 rings (SSSR count). The van der Waals surface area contributed by atoms with Crippen molar-refractivity contribution in [3.8, 4) is 0 Å². The molecule has 1 spiro atoms. The number of fused-ring (bicyclic) bond motifs is 2. The van der Waals surface area contributed by atoms with Gasteiger partial charge in [-0.1, -0.05) is 24.3 Å². The summed E-state index contributed by atoms with van der Waals surface area (Å²) in [4.78, 5) is 13.7. The lowest BCUT2D eigenvalue weighted by molar-refractivity contribution is -0.146. The predicted molar refractivity (Wildman–Crippen MR) is 75.2 cm³/mol. The molecule has 4 heteroatoms. The molecule has 0 saturated carbocycles. The van der Waals surface area contributed by atoms with Crippen LogP contribution < -0.4 is 0 Å². The number of likely N-dealkylation sites (tertiary alicyclic amines) is 1. The summed E-state index contributed by atoms with van der Waals surface area (Å²) in [7, 11) is 0. The Morgan fingerprint density at radius 1 is 1.35 bits per heavy atom. The summed E-state index contributed by atoms with van der Waals surface area (Å²) in [5.41, 5.74) is 2.53. The van der Waals surface area contributed by atoms with Gasteiger partial charge in [0.05, 0.1) is 25.4 Å². The summed E-state index contributed by atoms with van der Waals surface area (Å²) in [5, 5.41) is 0. The van der Waals surface area contributed by atoms with Gasteiger partial charge in [0.2, 0.25) is 0 Å². The van der Waals surface area contributed by atoms with Crippen molar-refractivity contribution in [1.29, 1.82) is 0 Å². The fraction of sp³-hybridized carbons (Fsp3) is 0.562. The smallest absolute Gasteiger partial charge is 0.320 e. The molecule has 0 unspecified atom stereocenters. The van der Waals surface area contributed by atoms with Crippen LogP contribution in [0.5, 0.6) is 0 Å². The van der Waals surface area contributed by atoms with Gasteiger partial charge < -0.3 is 9.47 Å². The minimum atomic E-state index is -0.129. The van der Waals surface area contributed by atoms with Crippen molar-refractivity contribution >= 4 is 5.97 Å². The van der Waals surface area contributed by atoms with Gasteiger partial charge in [-0.15, -0.1) is 0 Å². The van der Waals surface area contributed by atoms with E-state index in [-0.39, 0.29) is 11.6 Å². The quantitative estimate of drug-likeness (QED) is 0.792. The summed E-state index contributed by atoms with van der Waals surface area (Å²) >= 11 is 0. The van der Waals surface area contributed by atoms with Gasteiger partial charge in [0.1, 0.15) is 0 Å². The summed E-state index contributed by atoms with van der Waals surface area (Å²) in [6.45, 7) is 5.17. The van der Waals surface area contributed by atoms with Crippen molar-refractivity contribution in [2.75, 3.05) is 26.2 Å². The van der Waals surface area contributed by atoms with E-state index in [0.717, 1.165) is 25.9 Å². The highest BCUT2D eigenvalue weighted by Gasteiger charge is 2.42. The third-order valence-electron chi connectivity index (χ3n) is 4.33. The lowest BCUT2D eigenvalue weighted by Gasteiger charge is -2.38. The van der Waals surface area contributed by atoms with E-state index in [4.69, 9.17) is 9.47 Å². The first-order valence-corrected chi connectivity index (χ1v) is 7.34. The number of piperidine rings is 1. The van der Waals surface area contributed by atoms with E-state index in [1.807, 2.05) is 6.92 Å². The molecule has 0 bridgehead atoms. The van der Waals surface area contributed by atoms with Crippen LogP contribution in [-0.4, -0.2) is 37.1 Å². The minimum absolute atomic E-state index is 0.123. The van der Waals surface area contributed by atoms with Crippen molar-refractivity contribution in [1.82, 2.24) is 4.90 Å². The monoisotopic (exact) mass is 275 g/mol. The molecular weight excluding hydrogens is 254 g/mol. The Labute approximate surface area is 119 Å². The maximum absolute atomic E-state index is 11.5. The second kappa shape index (κ2) is 5.54. The Hall–Kier alpha value is -1.39. The number of nitrogens with zero attached hydrogens (tertiary/aromatic N) is 1. The molecule has 1 aromatic carbocycles. The lowest BCUT2D eigenvalue weighted by atomic mass is 9.84. The largest absolute Gasteiger partial charge is 0.465 e. The highest BCUT2D eigenvalue weighted by atomic mass is 16.5. The molecule has 2 aliphatic rings. The van der Waals surface area contributed by atoms with Gasteiger partial charge in [-0.2, -0.15) is 0 Å². The highest BCUT2D eigenvalue weighted by Crippen LogP contribution is 2.43. The van der Waals surface area contributed by atoms with Gasteiger partial charge in [-0.05, 0) is 30.9 Å². The number of rotatable bonds is 3. The molecule has 1 saturated heterocycles. The van der Waals surface area contributed by atoms with Crippen LogP contribution in [0.15, 0.2) is 24.3 Å². The molecule has 2 aliphatic heterocycles. The van der Waals surface area contributed by atoms with E-state index in [0.29, 0.717) is 19.8 Å². The van der Waals surface area contributed by atoms with Gasteiger partial charge in [-0.25, -0.2) is 0 Å². The number of hydrogen-bond acceptors (Lipinski definition) is 4. The van der Waals surface area contributed by atoms with Crippen molar-refractivity contribution < 1.29 is 14.3 Å². The first-order valence-electron chi connectivity index (χ1n) is 7.34. The molecule has 4 nitrogen and oxygen atoms in total. The third kappa shape index (κ3) is 2.45. The average molecular weight is 275 g/mol. The van der Waals surface area contributed by atoms with E-state index in [9.17, 15) is 4.79 Å². The zero-order chi connectivity index (χ0) is 14.0. The Morgan fingerprint density at radius 2 is 2.10 bits per heavy atom. The predicted octanol–water partition coefficient (Wildman–Crippen LogP) is 2.07. The topological polar surface area (TPSA) is 38.8 Å². The SMILES string of the molecule is CCOC(=O)CN1CCC2(CC1)OCc1ccccc12. The fourth-order valence-electron chi connectivity index (χ4n) is 3.26. The number of esters is 1. The number of ether oxygens (including phenoxy) is 2. The van der Waals surface area contributed by atoms with E-state index >= 15 is 0 Å². The van der Waals surface area contributed by atoms with Crippen molar-refractivity contribution in [3.05, 3.63) is 35.4 Å². The molecule has 0 atom stereocenters. The van der Waals surface area contributed by atoms with E-state index < -0.39 is 0 Å². The zero-order valence-electron chi connectivity index (χ0n) is 11.9. The fourth-order valence-corrected chi connectivity index (χ4v) is 3.26. The van der Waals surface area contributed by atoms with E-state index in [1.165, 1.54) is 11.1 Å². The van der Waals surface area contributed by atoms with Crippen LogP contribution in [0, 0.1) is 0 Å². The van der Waals surface area contributed by atoms with Crippen LogP contribution in [0.1, 0.15) is 30.9 Å². The summed E-state index contributed by atoms with van der Waals surface area (Å²) in [6, 6.07) is 8.48. The Bertz CT molecular complexity index is 492. The van der Waals surface area contributed by atoms with Gasteiger partial charge in [0.25, 0.3) is 0 Å². The molecule has 0 aliphatic carbocycles. The molecule has 0 radical (unpaired) electrons. The van der Waals surface area contributed by atoms with Crippen LogP contribution in [0.25, 0.3) is 0 Å². The normalized spacial score (nSPS) is 20.9. The Kier molecular flexibility index (Phi) is 3.76. The van der Waals surface area contributed by atoms with Crippen LogP contribution in [0.2, 0.25) is 0 Å². The van der Waals surface area contributed by atoms with Gasteiger partial charge >= 0.3 is 5.97 Å². The van der Waals surface area contributed by atoms with Crippen LogP contribution >= 0.6 is 0 Å². The molecular formula is C16H21NO3. The molecule has 2 heterocycles. The minimum Gasteiger partial charge on any atom is -0.465 e. The van der Waals surface area contributed by atoms with E-state index in [2.05, 4.69) is 29.2 Å². The molecule has 108 valence electrons. The van der Waals surface area contributed by atoms with Crippen molar-refractivity contribution in [2.45, 2.75) is 32.0 Å². The van der Waals surface area contributed by atoms with Gasteiger partial charge in [0.15, 0.2) is 0 Å². The molecule has 20 heavy (non-hydrogen) atoms. The standard InChI is InChI=1S/C16H21NO3/c1-2-19-15(18)11-17-9-7-16(8-10-17)14-6-4-3-5-13(14)12-20-16/h3-6H,2,7-12H2,1H3. The van der Waals surface area contributed by atoms with Crippen LogP contribution in [0.4, 0.5) is 0 Å². The summed E-state index contributed by atoms with van der Waals surface area (Å²) in [6.07, 6.45) is 1.90. The highest BCUT2D eigenvalue weighted by molar-refractivity contribution is 5.71. The van der Waals surface area contributed by atoms with Crippen LogP contribution in [0.3, 0.4) is 0 Å². The summed E-state index contributed by atoms with van der Waals surface area (Å²) < 4.78 is 11.1. The first-order chi connectivity index (χ1) is 9.73. The first kappa shape index (κ1) is 13.6. The molecule has 0 amide bonds. The second-order valence-corrected chi connectivity index (χ2v) is 5.52. The molecule has 1 aromatic rings. The molecule has 1 fully saturated rings. The summed E-state index contributed by atoms with van der Waals surface area (Å²) in [5.74, 6) is -0.129. The maximum Gasteiger partial charge on any atom is 0.320 e. The van der Waals surface area contributed by atoms with E-state index in [1.54, 1.807) is 0 Å². The zero-order valence-corrected chi connectivity index (χ0v) is 11.9. The third-order valence-corrected chi connectivity index (χ3v) is 4.33. The lowest BCUT2D eigenvalue weighted by Crippen LogP contribution is -2.44.